The van der Waals surface area contributed by atoms with Gasteiger partial charge in [0, 0.05) is 18.5 Å². The Hall–Kier alpha value is -1.80. The van der Waals surface area contributed by atoms with E-state index in [9.17, 15) is 14.5 Å². The third-order valence-corrected chi connectivity index (χ3v) is 4.09. The van der Waals surface area contributed by atoms with E-state index < -0.39 is 30.1 Å². The largest absolute Gasteiger partial charge is 0.463 e. The summed E-state index contributed by atoms with van der Waals surface area (Å²) in [5.74, 6) is -0.977. The van der Waals surface area contributed by atoms with E-state index in [-0.39, 0.29) is 19.1 Å². The fourth-order valence-electron chi connectivity index (χ4n) is 2.82. The number of carbonyl (C=O) groups is 2. The van der Waals surface area contributed by atoms with Crippen LogP contribution in [0.3, 0.4) is 0 Å². The van der Waals surface area contributed by atoms with E-state index in [0.717, 1.165) is 17.9 Å². The van der Waals surface area contributed by atoms with Crippen LogP contribution in [-0.2, 0) is 19.1 Å². The number of amides is 1. The topological polar surface area (TPSA) is 111 Å². The Kier molecular flexibility index (Phi) is 8.00. The van der Waals surface area contributed by atoms with Gasteiger partial charge in [-0.15, -0.1) is 4.91 Å². The molecule has 136 valence electrons. The number of carbonyl (C=O) groups excluding carboxylic acids is 2. The standard InChI is InChI=1S/C16H27N3O5/c1-5-12(6-2)24-14-9-11(16(21)23-7-3)8-13(17)15(14)19(18-22)10(4)20/h9,12-15H,5-8,17H2,1-4H3/t13-,14+,15-/m0/s1. The van der Waals surface area contributed by atoms with E-state index in [1.807, 2.05) is 13.8 Å². The van der Waals surface area contributed by atoms with E-state index in [1.54, 1.807) is 13.0 Å². The normalized spacial score (nSPS) is 23.6. The van der Waals surface area contributed by atoms with Gasteiger partial charge in [-0.3, -0.25) is 4.79 Å². The van der Waals surface area contributed by atoms with E-state index in [4.69, 9.17) is 15.2 Å². The summed E-state index contributed by atoms with van der Waals surface area (Å²) < 4.78 is 11.0. The molecule has 0 bridgehead atoms. The number of nitrogens with zero attached hydrogens (tertiary/aromatic N) is 2. The molecule has 1 aliphatic carbocycles. The third-order valence-electron chi connectivity index (χ3n) is 4.09. The molecular weight excluding hydrogens is 314 g/mol. The molecule has 3 atom stereocenters. The molecular formula is C16H27N3O5. The van der Waals surface area contributed by atoms with Gasteiger partial charge in [0.05, 0.1) is 18.0 Å². The van der Waals surface area contributed by atoms with Crippen LogP contribution in [-0.4, -0.2) is 47.8 Å². The molecule has 1 amide bonds. The van der Waals surface area contributed by atoms with Gasteiger partial charge in [-0.05, 0) is 32.3 Å². The summed E-state index contributed by atoms with van der Waals surface area (Å²) in [5, 5.41) is 3.61. The fraction of sp³-hybridized carbons (Fsp3) is 0.750. The van der Waals surface area contributed by atoms with Crippen molar-refractivity contribution in [2.24, 2.45) is 11.0 Å². The van der Waals surface area contributed by atoms with E-state index >= 15 is 0 Å². The van der Waals surface area contributed by atoms with Crippen LogP contribution in [0.1, 0.15) is 47.0 Å². The highest BCUT2D eigenvalue weighted by atomic mass is 16.5. The van der Waals surface area contributed by atoms with Gasteiger partial charge in [-0.25, -0.2) is 4.79 Å². The smallest absolute Gasteiger partial charge is 0.333 e. The Bertz CT molecular complexity index is 490. The molecule has 0 aromatic heterocycles. The van der Waals surface area contributed by atoms with Crippen LogP contribution < -0.4 is 5.73 Å². The van der Waals surface area contributed by atoms with Crippen molar-refractivity contribution in [3.63, 3.8) is 0 Å². The Morgan fingerprint density at radius 2 is 2.00 bits per heavy atom. The van der Waals surface area contributed by atoms with Crippen LogP contribution in [0.25, 0.3) is 0 Å². The van der Waals surface area contributed by atoms with Crippen molar-refractivity contribution in [3.8, 4) is 0 Å². The second-order valence-corrected chi connectivity index (χ2v) is 5.76. The monoisotopic (exact) mass is 341 g/mol. The second kappa shape index (κ2) is 9.48. The van der Waals surface area contributed by atoms with Gasteiger partial charge in [0.15, 0.2) is 0 Å². The zero-order chi connectivity index (χ0) is 18.3. The van der Waals surface area contributed by atoms with Gasteiger partial charge >= 0.3 is 5.97 Å². The second-order valence-electron chi connectivity index (χ2n) is 5.76. The zero-order valence-electron chi connectivity index (χ0n) is 14.7. The maximum absolute atomic E-state index is 12.0. The summed E-state index contributed by atoms with van der Waals surface area (Å²) in [7, 11) is 0. The number of hydrogen-bond donors (Lipinski definition) is 1. The molecule has 8 heteroatoms. The highest BCUT2D eigenvalue weighted by Gasteiger charge is 2.41. The predicted molar refractivity (Wildman–Crippen MR) is 88.7 cm³/mol. The maximum Gasteiger partial charge on any atom is 0.333 e. The Labute approximate surface area is 142 Å². The molecule has 1 aliphatic rings. The molecule has 0 aliphatic heterocycles. The fourth-order valence-corrected chi connectivity index (χ4v) is 2.82. The number of nitrogens with two attached hydrogens (primary N) is 1. The van der Waals surface area contributed by atoms with Crippen LogP contribution in [0.2, 0.25) is 0 Å². The van der Waals surface area contributed by atoms with Gasteiger partial charge in [-0.1, -0.05) is 13.8 Å². The third kappa shape index (κ3) is 4.85. The molecule has 0 unspecified atom stereocenters. The van der Waals surface area contributed by atoms with Crippen LogP contribution in [0.15, 0.2) is 16.9 Å². The van der Waals surface area contributed by atoms with Gasteiger partial charge in [0.2, 0.25) is 5.91 Å². The lowest BCUT2D eigenvalue weighted by Crippen LogP contribution is -2.57. The molecule has 0 saturated carbocycles. The van der Waals surface area contributed by atoms with Crippen molar-refractivity contribution in [1.29, 1.82) is 0 Å². The van der Waals surface area contributed by atoms with Gasteiger partial charge in [0.1, 0.15) is 12.1 Å². The lowest BCUT2D eigenvalue weighted by atomic mass is 9.87. The average Bonchev–Trinajstić information content (AvgIpc) is 2.54. The highest BCUT2D eigenvalue weighted by molar-refractivity contribution is 5.89. The summed E-state index contributed by atoms with van der Waals surface area (Å²) in [6.07, 6.45) is 2.53. The minimum Gasteiger partial charge on any atom is -0.463 e. The van der Waals surface area contributed by atoms with Crippen molar-refractivity contribution < 1.29 is 19.1 Å². The molecule has 8 nitrogen and oxygen atoms in total. The van der Waals surface area contributed by atoms with Gasteiger partial charge < -0.3 is 15.2 Å². The summed E-state index contributed by atoms with van der Waals surface area (Å²) in [6, 6.07) is -1.41. The summed E-state index contributed by atoms with van der Waals surface area (Å²) >= 11 is 0. The minimum atomic E-state index is -0.751. The zero-order valence-corrected chi connectivity index (χ0v) is 14.7. The summed E-state index contributed by atoms with van der Waals surface area (Å²) in [5.41, 5.74) is 6.54. The average molecular weight is 341 g/mol. The predicted octanol–water partition coefficient (Wildman–Crippen LogP) is 1.68. The first kappa shape index (κ1) is 20.2. The molecule has 24 heavy (non-hydrogen) atoms. The molecule has 0 aromatic rings. The first-order valence-electron chi connectivity index (χ1n) is 8.31. The number of rotatable bonds is 8. The van der Waals surface area contributed by atoms with Crippen LogP contribution in [0.5, 0.6) is 0 Å². The van der Waals surface area contributed by atoms with Crippen molar-refractivity contribution in [2.75, 3.05) is 6.61 Å². The Morgan fingerprint density at radius 1 is 1.38 bits per heavy atom. The number of esters is 1. The van der Waals surface area contributed by atoms with Crippen molar-refractivity contribution in [1.82, 2.24) is 5.01 Å². The van der Waals surface area contributed by atoms with Crippen LogP contribution in [0.4, 0.5) is 0 Å². The number of hydrogen-bond acceptors (Lipinski definition) is 7. The SMILES string of the molecule is CCOC(=O)C1=C[C@@H](OC(CC)CC)[C@@H](N(N=O)C(C)=O)[C@@H](N)C1. The van der Waals surface area contributed by atoms with Crippen LogP contribution in [0, 0.1) is 4.91 Å². The maximum atomic E-state index is 12.0. The first-order valence-corrected chi connectivity index (χ1v) is 8.31. The summed E-state index contributed by atoms with van der Waals surface area (Å²) in [4.78, 5) is 34.9. The number of nitroso groups, excluding NO2 is 1. The number of ether oxygens (including phenoxy) is 2. The molecule has 0 radical (unpaired) electrons. The van der Waals surface area contributed by atoms with Crippen molar-refractivity contribution in [2.45, 2.75) is 71.2 Å². The molecule has 0 heterocycles. The molecule has 0 spiro atoms. The van der Waals surface area contributed by atoms with E-state index in [2.05, 4.69) is 5.29 Å². The van der Waals surface area contributed by atoms with E-state index in [1.165, 1.54) is 6.92 Å². The van der Waals surface area contributed by atoms with Crippen molar-refractivity contribution in [3.05, 3.63) is 16.6 Å². The lowest BCUT2D eigenvalue weighted by molar-refractivity contribution is -0.140. The highest BCUT2D eigenvalue weighted by Crippen LogP contribution is 2.27. The molecule has 0 aromatic carbocycles. The van der Waals surface area contributed by atoms with Crippen molar-refractivity contribution >= 4 is 11.9 Å². The Morgan fingerprint density at radius 3 is 2.46 bits per heavy atom. The molecule has 0 saturated heterocycles. The van der Waals surface area contributed by atoms with Gasteiger partial charge in [-0.2, -0.15) is 5.01 Å². The quantitative estimate of drug-likeness (QED) is 0.408. The summed E-state index contributed by atoms with van der Waals surface area (Å²) in [6.45, 7) is 7.16. The first-order chi connectivity index (χ1) is 11.4. The molecule has 1 rings (SSSR count). The lowest BCUT2D eigenvalue weighted by Gasteiger charge is -2.38. The molecule has 2 N–H and O–H groups in total. The molecule has 0 fully saturated rings. The Balaban J connectivity index is 3.18. The van der Waals surface area contributed by atoms with E-state index in [0.29, 0.717) is 5.57 Å². The van der Waals surface area contributed by atoms with Gasteiger partial charge in [0.25, 0.3) is 0 Å². The minimum absolute atomic E-state index is 0.0806. The van der Waals surface area contributed by atoms with Crippen LogP contribution >= 0.6 is 0 Å².